The number of nitrogens with zero attached hydrogens (tertiary/aromatic N) is 3. The second-order valence-electron chi connectivity index (χ2n) is 6.36. The van der Waals surface area contributed by atoms with E-state index in [1.54, 1.807) is 12.1 Å². The van der Waals surface area contributed by atoms with Crippen molar-refractivity contribution in [3.8, 4) is 0 Å². The maximum Gasteiger partial charge on any atom is 0.461 e. The summed E-state index contributed by atoms with van der Waals surface area (Å²) in [6.07, 6.45) is 4.83. The first-order valence-corrected chi connectivity index (χ1v) is 7.53. The minimum atomic E-state index is 0.129. The van der Waals surface area contributed by atoms with Crippen LogP contribution in [0.3, 0.4) is 0 Å². The van der Waals surface area contributed by atoms with Crippen LogP contribution in [0.25, 0.3) is 11.0 Å². The van der Waals surface area contributed by atoms with Gasteiger partial charge in [0.05, 0.1) is 6.04 Å². The second-order valence-corrected chi connectivity index (χ2v) is 6.36. The van der Waals surface area contributed by atoms with E-state index in [9.17, 15) is 10.4 Å². The highest BCUT2D eigenvalue weighted by Crippen LogP contribution is 2.45. The number of nitrogens with one attached hydrogen (secondary N) is 1. The first-order chi connectivity index (χ1) is 10.1. The van der Waals surface area contributed by atoms with Gasteiger partial charge in [0.25, 0.3) is 5.52 Å². The Kier molecular flexibility index (Phi) is 2.67. The Morgan fingerprint density at radius 3 is 2.81 bits per heavy atom. The van der Waals surface area contributed by atoms with Crippen molar-refractivity contribution in [1.82, 2.24) is 5.10 Å². The molecule has 2 saturated carbocycles. The third-order valence-electron chi connectivity index (χ3n) is 5.06. The molecule has 4 rings (SSSR count). The van der Waals surface area contributed by atoms with E-state index in [-0.39, 0.29) is 12.0 Å². The lowest BCUT2D eigenvalue weighted by Crippen LogP contribution is -2.46. The number of hydrogen-bond acceptors (Lipinski definition) is 4. The lowest BCUT2D eigenvalue weighted by atomic mass is 9.95. The second kappa shape index (κ2) is 4.44. The summed E-state index contributed by atoms with van der Waals surface area (Å²) in [6, 6.07) is 5.49. The Balaban J connectivity index is 1.75. The van der Waals surface area contributed by atoms with Crippen molar-refractivity contribution in [1.29, 1.82) is 0 Å². The smallest absolute Gasteiger partial charge is 0.461 e. The van der Waals surface area contributed by atoms with Gasteiger partial charge in [-0.1, -0.05) is 12.1 Å². The molecule has 0 radical (unpaired) electrons. The molecule has 2 bridgehead atoms. The van der Waals surface area contributed by atoms with Gasteiger partial charge in [-0.2, -0.15) is 0 Å². The van der Waals surface area contributed by atoms with E-state index < -0.39 is 0 Å². The maximum absolute atomic E-state index is 12.5. The highest BCUT2D eigenvalue weighted by Gasteiger charge is 2.42. The summed E-state index contributed by atoms with van der Waals surface area (Å²) in [6.45, 7) is 1.83. The van der Waals surface area contributed by atoms with Gasteiger partial charge in [-0.15, -0.1) is 0 Å². The zero-order valence-corrected chi connectivity index (χ0v) is 12.0. The first-order valence-electron chi connectivity index (χ1n) is 7.53. The Hall–Kier alpha value is -2.11. The minimum absolute atomic E-state index is 0.129. The normalized spacial score (nSPS) is 27.4. The fourth-order valence-corrected chi connectivity index (χ4v) is 4.02. The molecule has 2 aromatic rings. The van der Waals surface area contributed by atoms with Crippen LogP contribution in [0.1, 0.15) is 31.2 Å². The van der Waals surface area contributed by atoms with Crippen LogP contribution in [0, 0.1) is 29.2 Å². The number of hydrogen-bond donors (Lipinski definition) is 1. The van der Waals surface area contributed by atoms with Gasteiger partial charge in [-0.25, -0.2) is 4.73 Å². The number of anilines is 1. The van der Waals surface area contributed by atoms with Gasteiger partial charge in [0, 0.05) is 10.9 Å². The fourth-order valence-electron chi connectivity index (χ4n) is 4.02. The molecule has 2 fully saturated rings. The molecule has 1 N–H and O–H groups in total. The summed E-state index contributed by atoms with van der Waals surface area (Å²) in [5.74, 6) is 1.52. The lowest BCUT2D eigenvalue weighted by Gasteiger charge is -2.20. The minimum Gasteiger partial charge on any atom is -0.739 e. The molecule has 6 heteroatoms. The lowest BCUT2D eigenvalue weighted by molar-refractivity contribution is -0.672. The van der Waals surface area contributed by atoms with E-state index in [1.165, 1.54) is 19.3 Å². The molecule has 21 heavy (non-hydrogen) atoms. The Bertz CT molecular complexity index is 718. The molecule has 0 spiro atoms. The predicted octanol–water partition coefficient (Wildman–Crippen LogP) is 1.41. The molecule has 3 atom stereocenters. The number of aryl methyl sites for hydroxylation is 1. The first kappa shape index (κ1) is 12.6. The third kappa shape index (κ3) is 1.89. The predicted molar refractivity (Wildman–Crippen MR) is 77.3 cm³/mol. The molecule has 0 amide bonds. The molecule has 0 aliphatic heterocycles. The average Bonchev–Trinajstić information content (AvgIpc) is 3.07. The van der Waals surface area contributed by atoms with E-state index in [4.69, 9.17) is 0 Å². The van der Waals surface area contributed by atoms with Gasteiger partial charge < -0.3 is 10.4 Å². The van der Waals surface area contributed by atoms with Crippen molar-refractivity contribution in [3.05, 3.63) is 34.2 Å². The van der Waals surface area contributed by atoms with E-state index in [0.29, 0.717) is 21.8 Å². The van der Waals surface area contributed by atoms with Crippen molar-refractivity contribution in [3.63, 3.8) is 0 Å². The fraction of sp³-hybridized carbons (Fsp3) is 0.533. The summed E-state index contributed by atoms with van der Waals surface area (Å²) in [4.78, 5) is 0.548. The monoisotopic (exact) mass is 286 g/mol. The van der Waals surface area contributed by atoms with Crippen LogP contribution >= 0.6 is 0 Å². The van der Waals surface area contributed by atoms with Gasteiger partial charge in [-0.3, -0.25) is 5.32 Å². The molecule has 2 aliphatic carbocycles. The molecule has 2 aliphatic rings. The van der Waals surface area contributed by atoms with Crippen LogP contribution < -0.4 is 14.9 Å². The Morgan fingerprint density at radius 1 is 1.24 bits per heavy atom. The van der Waals surface area contributed by atoms with Crippen molar-refractivity contribution in [2.45, 2.75) is 38.6 Å². The Labute approximate surface area is 122 Å². The van der Waals surface area contributed by atoms with Crippen molar-refractivity contribution < 1.29 is 9.58 Å². The summed E-state index contributed by atoms with van der Waals surface area (Å²) in [5.41, 5.74) is 1.49. The van der Waals surface area contributed by atoms with Crippen LogP contribution in [0.2, 0.25) is 0 Å². The topological polar surface area (TPSA) is 78.8 Å². The molecule has 6 nitrogen and oxygen atoms in total. The van der Waals surface area contributed by atoms with Gasteiger partial charge in [0.2, 0.25) is 5.10 Å². The summed E-state index contributed by atoms with van der Waals surface area (Å²) >= 11 is 0. The van der Waals surface area contributed by atoms with Crippen molar-refractivity contribution in [2.24, 2.45) is 11.8 Å². The van der Waals surface area contributed by atoms with Crippen molar-refractivity contribution >= 4 is 17.0 Å². The quantitative estimate of drug-likeness (QED) is 0.668. The van der Waals surface area contributed by atoms with Crippen LogP contribution in [0.4, 0.5) is 5.95 Å². The molecule has 1 heterocycles. The molecule has 0 saturated heterocycles. The van der Waals surface area contributed by atoms with Gasteiger partial charge in [0.1, 0.15) is 0 Å². The summed E-state index contributed by atoms with van der Waals surface area (Å²) in [7, 11) is 0. The zero-order chi connectivity index (χ0) is 14.6. The van der Waals surface area contributed by atoms with Crippen LogP contribution in [0.15, 0.2) is 18.2 Å². The number of fused-ring (bicyclic) bond motifs is 3. The van der Waals surface area contributed by atoms with Crippen molar-refractivity contribution in [2.75, 3.05) is 5.32 Å². The van der Waals surface area contributed by atoms with Crippen LogP contribution in [-0.2, 0) is 0 Å². The third-order valence-corrected chi connectivity index (χ3v) is 5.06. The maximum atomic E-state index is 12.5. The van der Waals surface area contributed by atoms with E-state index in [2.05, 4.69) is 10.4 Å². The molecule has 110 valence electrons. The molecule has 1 aromatic carbocycles. The van der Waals surface area contributed by atoms with Crippen LogP contribution in [0.5, 0.6) is 0 Å². The number of benzene rings is 1. The largest absolute Gasteiger partial charge is 0.739 e. The number of aromatic nitrogens is 3. The summed E-state index contributed by atoms with van der Waals surface area (Å²) in [5, 5.41) is 31.7. The van der Waals surface area contributed by atoms with E-state index >= 15 is 0 Å². The number of para-hydroxylation sites is 1. The summed E-state index contributed by atoms with van der Waals surface area (Å²) < 4.78 is 0.769. The highest BCUT2D eigenvalue weighted by atomic mass is 16.5. The molecular formula is C15H18N4O2. The van der Waals surface area contributed by atoms with Crippen LogP contribution in [-0.4, -0.2) is 11.1 Å². The van der Waals surface area contributed by atoms with E-state index in [0.717, 1.165) is 22.6 Å². The van der Waals surface area contributed by atoms with Gasteiger partial charge >= 0.3 is 5.95 Å². The average molecular weight is 286 g/mol. The standard InChI is InChI=1S/C15H18N4O2/c1-9-3-2-4-13-14(9)18(20)15(17-19(13)21)16-12-8-10-5-6-11(12)7-10/h2-4,10-12H,5-8H2,1H3,(H,16,17)/t10-,11+,12+/m0/s1. The Morgan fingerprint density at radius 2 is 2.10 bits per heavy atom. The van der Waals surface area contributed by atoms with E-state index in [1.807, 2.05) is 13.0 Å². The molecule has 0 unspecified atom stereocenters. The van der Waals surface area contributed by atoms with Gasteiger partial charge in [-0.05, 0) is 50.0 Å². The number of rotatable bonds is 2. The highest BCUT2D eigenvalue weighted by molar-refractivity contribution is 5.71. The molecular weight excluding hydrogens is 268 g/mol. The SMILES string of the molecule is Cc1cccc2c1[n+]([O-])c(N[C@@H]1C[C@H]3CC[C@@H]1C3)n[n+]2[O-]. The molecule has 1 aromatic heterocycles. The van der Waals surface area contributed by atoms with Gasteiger partial charge in [0.15, 0.2) is 5.52 Å². The zero-order valence-electron chi connectivity index (χ0n) is 12.0.